The summed E-state index contributed by atoms with van der Waals surface area (Å²) >= 11 is 0. The summed E-state index contributed by atoms with van der Waals surface area (Å²) in [4.78, 5) is 12.8. The van der Waals surface area contributed by atoms with Crippen LogP contribution in [0.5, 0.6) is 0 Å². The average molecular weight is 193 g/mol. The van der Waals surface area contributed by atoms with Crippen molar-refractivity contribution in [2.24, 2.45) is 5.92 Å². The van der Waals surface area contributed by atoms with Gasteiger partial charge in [0.2, 0.25) is 0 Å². The lowest BCUT2D eigenvalue weighted by Crippen LogP contribution is -2.19. The number of carbonyl (C=O) groups is 1. The van der Waals surface area contributed by atoms with Gasteiger partial charge in [0.1, 0.15) is 5.76 Å². The molecule has 0 N–H and O–H groups in total. The molecule has 3 heteroatoms. The van der Waals surface area contributed by atoms with Crippen molar-refractivity contribution in [3.63, 3.8) is 0 Å². The van der Waals surface area contributed by atoms with Crippen LogP contribution < -0.4 is 0 Å². The van der Waals surface area contributed by atoms with Crippen LogP contribution in [0.2, 0.25) is 0 Å². The molecule has 0 saturated carbocycles. The Bertz CT molecular complexity index is 319. The van der Waals surface area contributed by atoms with Crippen LogP contribution in [-0.2, 0) is 6.54 Å². The van der Waals surface area contributed by atoms with Crippen molar-refractivity contribution in [3.8, 4) is 0 Å². The first-order valence-corrected chi connectivity index (χ1v) is 5.04. The van der Waals surface area contributed by atoms with Crippen LogP contribution >= 0.6 is 0 Å². The van der Waals surface area contributed by atoms with E-state index in [1.165, 1.54) is 6.42 Å². The van der Waals surface area contributed by atoms with E-state index < -0.39 is 0 Å². The van der Waals surface area contributed by atoms with Gasteiger partial charge in [-0.3, -0.25) is 9.69 Å². The molecule has 1 fully saturated rings. The summed E-state index contributed by atoms with van der Waals surface area (Å²) in [5.41, 5.74) is 0. The molecule has 0 radical (unpaired) electrons. The van der Waals surface area contributed by atoms with Crippen molar-refractivity contribution < 1.29 is 9.21 Å². The maximum Gasteiger partial charge on any atom is 0.185 e. The zero-order valence-corrected chi connectivity index (χ0v) is 8.40. The molecule has 1 saturated heterocycles. The second-order valence-electron chi connectivity index (χ2n) is 4.05. The van der Waals surface area contributed by atoms with Crippen molar-refractivity contribution >= 4 is 6.29 Å². The fraction of sp³-hybridized carbons (Fsp3) is 0.545. The summed E-state index contributed by atoms with van der Waals surface area (Å²) in [7, 11) is 0. The molecule has 14 heavy (non-hydrogen) atoms. The predicted molar refractivity (Wildman–Crippen MR) is 53.2 cm³/mol. The normalized spacial score (nSPS) is 22.8. The molecule has 2 heterocycles. The monoisotopic (exact) mass is 193 g/mol. The van der Waals surface area contributed by atoms with Crippen molar-refractivity contribution in [2.45, 2.75) is 19.9 Å². The first-order chi connectivity index (χ1) is 6.78. The molecule has 3 nitrogen and oxygen atoms in total. The van der Waals surface area contributed by atoms with Crippen LogP contribution in [-0.4, -0.2) is 24.3 Å². The Hall–Kier alpha value is -1.09. The van der Waals surface area contributed by atoms with Gasteiger partial charge in [0, 0.05) is 6.54 Å². The van der Waals surface area contributed by atoms with Crippen molar-refractivity contribution in [3.05, 3.63) is 23.7 Å². The number of aldehydes is 1. The first-order valence-electron chi connectivity index (χ1n) is 5.04. The van der Waals surface area contributed by atoms with E-state index in [-0.39, 0.29) is 0 Å². The topological polar surface area (TPSA) is 33.5 Å². The highest BCUT2D eigenvalue weighted by atomic mass is 16.3. The van der Waals surface area contributed by atoms with E-state index in [1.54, 1.807) is 6.07 Å². The fourth-order valence-electron chi connectivity index (χ4n) is 1.93. The summed E-state index contributed by atoms with van der Waals surface area (Å²) in [6, 6.07) is 3.61. The Morgan fingerprint density at radius 1 is 1.64 bits per heavy atom. The smallest absolute Gasteiger partial charge is 0.185 e. The fourth-order valence-corrected chi connectivity index (χ4v) is 1.93. The van der Waals surface area contributed by atoms with Crippen LogP contribution in [0.25, 0.3) is 0 Å². The Morgan fingerprint density at radius 3 is 3.07 bits per heavy atom. The maximum atomic E-state index is 10.4. The molecule has 0 aromatic carbocycles. The molecular weight excluding hydrogens is 178 g/mol. The third-order valence-electron chi connectivity index (χ3n) is 2.69. The first kappa shape index (κ1) is 9.46. The molecule has 2 rings (SSSR count). The van der Waals surface area contributed by atoms with Crippen LogP contribution in [0, 0.1) is 5.92 Å². The standard InChI is InChI=1S/C11H15NO2/c1-9-4-5-12(6-9)7-10-2-3-11(8-13)14-10/h2-3,8-9H,4-7H2,1H3. The van der Waals surface area contributed by atoms with Gasteiger partial charge in [-0.25, -0.2) is 0 Å². The van der Waals surface area contributed by atoms with Crippen LogP contribution in [0.1, 0.15) is 29.7 Å². The summed E-state index contributed by atoms with van der Waals surface area (Å²) in [5.74, 6) is 2.10. The SMILES string of the molecule is CC1CCN(Cc2ccc(C=O)o2)C1. The van der Waals surface area contributed by atoms with Gasteiger partial charge >= 0.3 is 0 Å². The predicted octanol–water partition coefficient (Wildman–Crippen LogP) is 1.93. The molecule has 76 valence electrons. The largest absolute Gasteiger partial charge is 0.457 e. The van der Waals surface area contributed by atoms with Gasteiger partial charge in [0.15, 0.2) is 12.0 Å². The quantitative estimate of drug-likeness (QED) is 0.688. The summed E-state index contributed by atoms with van der Waals surface area (Å²) in [6.07, 6.45) is 2.01. The molecule has 0 aliphatic carbocycles. The van der Waals surface area contributed by atoms with Gasteiger partial charge in [-0.05, 0) is 31.0 Å². The molecule has 1 aromatic rings. The molecule has 0 spiro atoms. The van der Waals surface area contributed by atoms with Crippen LogP contribution in [0.4, 0.5) is 0 Å². The highest BCUT2D eigenvalue weighted by Gasteiger charge is 2.19. The molecule has 0 amide bonds. The lowest BCUT2D eigenvalue weighted by molar-refractivity contribution is 0.109. The molecule has 1 atom stereocenters. The number of hydrogen-bond acceptors (Lipinski definition) is 3. The van der Waals surface area contributed by atoms with E-state index in [4.69, 9.17) is 4.42 Å². The second-order valence-corrected chi connectivity index (χ2v) is 4.05. The minimum Gasteiger partial charge on any atom is -0.457 e. The zero-order chi connectivity index (χ0) is 9.97. The highest BCUT2D eigenvalue weighted by molar-refractivity contribution is 5.70. The van der Waals surface area contributed by atoms with Gasteiger partial charge in [0.05, 0.1) is 6.54 Å². The zero-order valence-electron chi connectivity index (χ0n) is 8.40. The molecule has 1 aliphatic heterocycles. The number of nitrogens with zero attached hydrogens (tertiary/aromatic N) is 1. The van der Waals surface area contributed by atoms with E-state index >= 15 is 0 Å². The van der Waals surface area contributed by atoms with Crippen molar-refractivity contribution in [2.75, 3.05) is 13.1 Å². The van der Waals surface area contributed by atoms with E-state index in [2.05, 4.69) is 11.8 Å². The third kappa shape index (κ3) is 2.04. The number of carbonyl (C=O) groups excluding carboxylic acids is 1. The van der Waals surface area contributed by atoms with Gasteiger partial charge in [-0.1, -0.05) is 6.92 Å². The van der Waals surface area contributed by atoms with Crippen LogP contribution in [0.15, 0.2) is 16.5 Å². The summed E-state index contributed by atoms with van der Waals surface area (Å²) in [6.45, 7) is 5.37. The Balaban J connectivity index is 1.93. The molecule has 0 bridgehead atoms. The van der Waals surface area contributed by atoms with Crippen molar-refractivity contribution in [1.29, 1.82) is 0 Å². The van der Waals surface area contributed by atoms with E-state index in [9.17, 15) is 4.79 Å². The number of likely N-dealkylation sites (tertiary alicyclic amines) is 1. The Labute approximate surface area is 83.7 Å². The molecule has 1 unspecified atom stereocenters. The second kappa shape index (κ2) is 3.96. The van der Waals surface area contributed by atoms with Gasteiger partial charge < -0.3 is 4.42 Å². The average Bonchev–Trinajstić information content (AvgIpc) is 2.76. The minimum atomic E-state index is 0.423. The highest BCUT2D eigenvalue weighted by Crippen LogP contribution is 2.18. The summed E-state index contributed by atoms with van der Waals surface area (Å²) in [5, 5.41) is 0. The number of furan rings is 1. The summed E-state index contributed by atoms with van der Waals surface area (Å²) < 4.78 is 5.32. The van der Waals surface area contributed by atoms with Gasteiger partial charge in [-0.2, -0.15) is 0 Å². The van der Waals surface area contributed by atoms with E-state index in [0.717, 1.165) is 37.6 Å². The number of rotatable bonds is 3. The Kier molecular flexibility index (Phi) is 2.68. The van der Waals surface area contributed by atoms with E-state index in [1.807, 2.05) is 6.07 Å². The lowest BCUT2D eigenvalue weighted by Gasteiger charge is -2.12. The van der Waals surface area contributed by atoms with Crippen LogP contribution in [0.3, 0.4) is 0 Å². The molecular formula is C11H15NO2. The van der Waals surface area contributed by atoms with Gasteiger partial charge in [-0.15, -0.1) is 0 Å². The molecule has 1 aliphatic rings. The van der Waals surface area contributed by atoms with Gasteiger partial charge in [0.25, 0.3) is 0 Å². The maximum absolute atomic E-state index is 10.4. The number of hydrogen-bond donors (Lipinski definition) is 0. The lowest BCUT2D eigenvalue weighted by atomic mass is 10.2. The Morgan fingerprint density at radius 2 is 2.50 bits per heavy atom. The van der Waals surface area contributed by atoms with Crippen molar-refractivity contribution in [1.82, 2.24) is 4.90 Å². The minimum absolute atomic E-state index is 0.423. The molecule has 1 aromatic heterocycles. The van der Waals surface area contributed by atoms with E-state index in [0.29, 0.717) is 5.76 Å². The third-order valence-corrected chi connectivity index (χ3v) is 2.69.